The Morgan fingerprint density at radius 1 is 1.22 bits per heavy atom. The Kier molecular flexibility index (Phi) is 10.4. The number of rotatable bonds is 11. The minimum atomic E-state index is -0.852. The number of allylic oxidation sites excluding steroid dienone is 2. The molecule has 0 saturated heterocycles. The van der Waals surface area contributed by atoms with E-state index in [1.54, 1.807) is 0 Å². The standard InChI is InChI=1S/C26H42O6/c1-6-17(4)22(27)12-11-20-21-14-18(13-19(21)15-23(20)28)9-7-8-10-24(29)32-25(16(2)3)26(30)31-5/h9,11-12,16-17,19-23,25,27-28H,6-8,10,13-15H2,1-5H3/b12-11+,18-9+/t17?,19-,20+,21-,22+,23+,25-/m0/s1. The number of hydrogen-bond donors (Lipinski definition) is 2. The first kappa shape index (κ1) is 26.6. The second-order valence-corrected chi connectivity index (χ2v) is 9.91. The maximum absolute atomic E-state index is 12.1. The molecule has 2 saturated carbocycles. The van der Waals surface area contributed by atoms with Crippen molar-refractivity contribution in [2.24, 2.45) is 29.6 Å². The van der Waals surface area contributed by atoms with E-state index in [4.69, 9.17) is 9.47 Å². The molecule has 0 aromatic carbocycles. The lowest BCUT2D eigenvalue weighted by atomic mass is 9.89. The van der Waals surface area contributed by atoms with Gasteiger partial charge in [-0.05, 0) is 49.9 Å². The van der Waals surface area contributed by atoms with Gasteiger partial charge >= 0.3 is 11.9 Å². The number of carbonyl (C=O) groups excluding carboxylic acids is 2. The molecular formula is C26H42O6. The topological polar surface area (TPSA) is 93.1 Å². The maximum atomic E-state index is 12.1. The second kappa shape index (κ2) is 12.5. The zero-order chi connectivity index (χ0) is 23.8. The van der Waals surface area contributed by atoms with E-state index < -0.39 is 18.2 Å². The van der Waals surface area contributed by atoms with E-state index in [-0.39, 0.29) is 36.2 Å². The number of aliphatic hydroxyl groups excluding tert-OH is 2. The Morgan fingerprint density at radius 2 is 1.94 bits per heavy atom. The molecule has 0 amide bonds. The van der Waals surface area contributed by atoms with E-state index in [0.29, 0.717) is 18.3 Å². The van der Waals surface area contributed by atoms with Gasteiger partial charge in [0.15, 0.2) is 0 Å². The van der Waals surface area contributed by atoms with Crippen molar-refractivity contribution in [1.29, 1.82) is 0 Å². The predicted octanol–water partition coefficient (Wildman–Crippen LogP) is 4.19. The summed E-state index contributed by atoms with van der Waals surface area (Å²) in [6.07, 6.45) is 9.95. The molecule has 2 aliphatic carbocycles. The van der Waals surface area contributed by atoms with Crippen LogP contribution < -0.4 is 0 Å². The van der Waals surface area contributed by atoms with Gasteiger partial charge in [0.25, 0.3) is 0 Å². The predicted molar refractivity (Wildman–Crippen MR) is 124 cm³/mol. The minimum absolute atomic E-state index is 0.103. The molecule has 6 nitrogen and oxygen atoms in total. The molecule has 0 aromatic heterocycles. The van der Waals surface area contributed by atoms with Crippen molar-refractivity contribution in [2.75, 3.05) is 7.11 Å². The summed E-state index contributed by atoms with van der Waals surface area (Å²) in [6, 6.07) is 0. The largest absolute Gasteiger partial charge is 0.466 e. The van der Waals surface area contributed by atoms with E-state index in [2.05, 4.69) is 13.0 Å². The molecule has 0 aliphatic heterocycles. The van der Waals surface area contributed by atoms with Crippen molar-refractivity contribution in [3.63, 3.8) is 0 Å². The van der Waals surface area contributed by atoms with Crippen LogP contribution in [-0.2, 0) is 19.1 Å². The fourth-order valence-electron chi connectivity index (χ4n) is 4.94. The van der Waals surface area contributed by atoms with E-state index in [9.17, 15) is 19.8 Å². The van der Waals surface area contributed by atoms with Crippen molar-refractivity contribution in [2.45, 2.75) is 91.0 Å². The Morgan fingerprint density at radius 3 is 2.56 bits per heavy atom. The van der Waals surface area contributed by atoms with E-state index in [0.717, 1.165) is 32.1 Å². The summed E-state index contributed by atoms with van der Waals surface area (Å²) in [7, 11) is 1.29. The number of hydrogen-bond acceptors (Lipinski definition) is 6. The molecule has 182 valence electrons. The van der Waals surface area contributed by atoms with Gasteiger partial charge < -0.3 is 19.7 Å². The average molecular weight is 451 g/mol. The summed E-state index contributed by atoms with van der Waals surface area (Å²) in [4.78, 5) is 23.8. The number of unbranched alkanes of at least 4 members (excludes halogenated alkanes) is 1. The third kappa shape index (κ3) is 7.17. The molecule has 2 fully saturated rings. The number of fused-ring (bicyclic) bond motifs is 1. The highest BCUT2D eigenvalue weighted by Gasteiger charge is 2.45. The van der Waals surface area contributed by atoms with Gasteiger partial charge in [-0.2, -0.15) is 0 Å². The quantitative estimate of drug-likeness (QED) is 0.278. The van der Waals surface area contributed by atoms with Gasteiger partial charge in [-0.3, -0.25) is 4.79 Å². The van der Waals surface area contributed by atoms with E-state index in [1.807, 2.05) is 32.9 Å². The van der Waals surface area contributed by atoms with Crippen molar-refractivity contribution in [3.8, 4) is 0 Å². The second-order valence-electron chi connectivity index (χ2n) is 9.91. The zero-order valence-corrected chi connectivity index (χ0v) is 20.3. The van der Waals surface area contributed by atoms with Crippen LogP contribution in [0.2, 0.25) is 0 Å². The highest BCUT2D eigenvalue weighted by molar-refractivity contribution is 5.79. The van der Waals surface area contributed by atoms with Crippen LogP contribution in [0.5, 0.6) is 0 Å². The number of esters is 2. The lowest BCUT2D eigenvalue weighted by Gasteiger charge is -2.19. The third-order valence-electron chi connectivity index (χ3n) is 7.18. The molecule has 2 aliphatic rings. The van der Waals surface area contributed by atoms with Gasteiger partial charge in [-0.25, -0.2) is 4.79 Å². The average Bonchev–Trinajstić information content (AvgIpc) is 3.28. The molecule has 0 bridgehead atoms. The van der Waals surface area contributed by atoms with Gasteiger partial charge in [0, 0.05) is 18.3 Å². The van der Waals surface area contributed by atoms with Gasteiger partial charge in [0.2, 0.25) is 6.10 Å². The van der Waals surface area contributed by atoms with E-state index in [1.165, 1.54) is 12.7 Å². The molecule has 2 N–H and O–H groups in total. The lowest BCUT2D eigenvalue weighted by Crippen LogP contribution is -2.33. The fourth-order valence-corrected chi connectivity index (χ4v) is 4.94. The summed E-state index contributed by atoms with van der Waals surface area (Å²) in [6.45, 7) is 7.74. The summed E-state index contributed by atoms with van der Waals surface area (Å²) in [5.41, 5.74) is 1.40. The monoisotopic (exact) mass is 450 g/mol. The van der Waals surface area contributed by atoms with Crippen molar-refractivity contribution in [1.82, 2.24) is 0 Å². The molecule has 0 spiro atoms. The molecule has 0 radical (unpaired) electrons. The first-order chi connectivity index (χ1) is 15.2. The Balaban J connectivity index is 1.81. The Labute approximate surface area is 193 Å². The van der Waals surface area contributed by atoms with Crippen LogP contribution in [0.25, 0.3) is 0 Å². The minimum Gasteiger partial charge on any atom is -0.466 e. The van der Waals surface area contributed by atoms with Crippen LogP contribution in [0.15, 0.2) is 23.8 Å². The van der Waals surface area contributed by atoms with Crippen molar-refractivity contribution in [3.05, 3.63) is 23.8 Å². The lowest BCUT2D eigenvalue weighted by molar-refractivity contribution is -0.169. The van der Waals surface area contributed by atoms with Gasteiger partial charge in [0.1, 0.15) is 0 Å². The Bertz CT molecular complexity index is 682. The molecule has 7 atom stereocenters. The highest BCUT2D eigenvalue weighted by Crippen LogP contribution is 2.50. The number of aliphatic hydroxyl groups is 2. The SMILES string of the molecule is CCC(C)[C@H](O)/C=C/[C@@H]1[C@H]2C/C(=C/CCCC(=O)O[C@H](C(=O)OC)C(C)C)C[C@H]2C[C@H]1O. The molecule has 1 unspecified atom stereocenters. The van der Waals surface area contributed by atoms with Gasteiger partial charge in [-0.1, -0.05) is 57.9 Å². The molecule has 0 aromatic rings. The van der Waals surface area contributed by atoms with Crippen LogP contribution in [0.1, 0.15) is 72.6 Å². The normalized spacial score (nSPS) is 29.3. The van der Waals surface area contributed by atoms with Crippen LogP contribution in [0.3, 0.4) is 0 Å². The molecule has 32 heavy (non-hydrogen) atoms. The highest BCUT2D eigenvalue weighted by atomic mass is 16.6. The molecule has 2 rings (SSSR count). The van der Waals surface area contributed by atoms with Gasteiger partial charge in [-0.15, -0.1) is 0 Å². The molecule has 6 heteroatoms. The van der Waals surface area contributed by atoms with Crippen LogP contribution in [0, 0.1) is 29.6 Å². The van der Waals surface area contributed by atoms with Crippen molar-refractivity contribution < 1.29 is 29.3 Å². The first-order valence-corrected chi connectivity index (χ1v) is 12.2. The smallest absolute Gasteiger partial charge is 0.347 e. The first-order valence-electron chi connectivity index (χ1n) is 12.2. The summed E-state index contributed by atoms with van der Waals surface area (Å²) in [5.74, 6) is 0.215. The van der Waals surface area contributed by atoms with Crippen LogP contribution in [-0.4, -0.2) is 47.6 Å². The third-order valence-corrected chi connectivity index (χ3v) is 7.18. The van der Waals surface area contributed by atoms with E-state index >= 15 is 0 Å². The van der Waals surface area contributed by atoms with Crippen molar-refractivity contribution >= 4 is 11.9 Å². The summed E-state index contributed by atoms with van der Waals surface area (Å²) >= 11 is 0. The summed E-state index contributed by atoms with van der Waals surface area (Å²) < 4.78 is 10.0. The van der Waals surface area contributed by atoms with Gasteiger partial charge in [0.05, 0.1) is 19.3 Å². The number of carbonyl (C=O) groups is 2. The Hall–Kier alpha value is -1.66. The molecule has 0 heterocycles. The molecular weight excluding hydrogens is 408 g/mol. The number of ether oxygens (including phenoxy) is 2. The van der Waals surface area contributed by atoms with Crippen LogP contribution >= 0.6 is 0 Å². The number of methoxy groups -OCH3 is 1. The fraction of sp³-hybridized carbons (Fsp3) is 0.769. The van der Waals surface area contributed by atoms with Crippen LogP contribution in [0.4, 0.5) is 0 Å². The maximum Gasteiger partial charge on any atom is 0.347 e. The summed E-state index contributed by atoms with van der Waals surface area (Å²) in [5, 5.41) is 20.7. The zero-order valence-electron chi connectivity index (χ0n) is 20.3.